The topological polar surface area (TPSA) is 140 Å². The molecule has 4 fully saturated rings. The fraction of sp³-hybridized carbons (Fsp3) is 0.875. The first-order valence-electron chi connectivity index (χ1n) is 9.81. The van der Waals surface area contributed by atoms with E-state index in [0.717, 1.165) is 32.4 Å². The lowest BCUT2D eigenvalue weighted by atomic mass is 9.84. The largest absolute Gasteiger partial charge is 0.418 e. The van der Waals surface area contributed by atoms with E-state index in [0.29, 0.717) is 42.5 Å². The molecule has 0 aromatic carbocycles. The maximum atomic E-state index is 12.6. The molecule has 11 nitrogen and oxygen atoms in total. The normalized spacial score (nSPS) is 35.2. The average Bonchev–Trinajstić information content (AvgIpc) is 2.85. The first kappa shape index (κ1) is 19.8. The van der Waals surface area contributed by atoms with Crippen LogP contribution >= 0.6 is 0 Å². The highest BCUT2D eigenvalue weighted by molar-refractivity contribution is 7.80. The van der Waals surface area contributed by atoms with Crippen molar-refractivity contribution in [1.29, 1.82) is 0 Å². The van der Waals surface area contributed by atoms with Crippen molar-refractivity contribution in [3.63, 3.8) is 0 Å². The maximum absolute atomic E-state index is 12.6. The van der Waals surface area contributed by atoms with Gasteiger partial charge in [0.1, 0.15) is 6.04 Å². The van der Waals surface area contributed by atoms with Gasteiger partial charge in [-0.2, -0.15) is 13.5 Å². The Labute approximate surface area is 164 Å². The molecule has 0 aromatic heterocycles. The van der Waals surface area contributed by atoms with Crippen LogP contribution in [-0.4, -0.2) is 85.2 Å². The van der Waals surface area contributed by atoms with Gasteiger partial charge in [0.25, 0.3) is 0 Å². The summed E-state index contributed by atoms with van der Waals surface area (Å²) in [6, 6.07) is -0.838. The van der Waals surface area contributed by atoms with E-state index in [1.807, 2.05) is 0 Å². The van der Waals surface area contributed by atoms with Crippen molar-refractivity contribution in [2.24, 2.45) is 5.92 Å². The van der Waals surface area contributed by atoms with Crippen LogP contribution in [0.3, 0.4) is 0 Å². The second-order valence-electron chi connectivity index (χ2n) is 8.15. The van der Waals surface area contributed by atoms with Crippen LogP contribution in [0.15, 0.2) is 0 Å². The zero-order valence-electron chi connectivity index (χ0n) is 15.5. The second-order valence-corrected chi connectivity index (χ2v) is 9.15. The molecule has 2 unspecified atom stereocenters. The molecule has 28 heavy (non-hydrogen) atoms. The number of piperidine rings is 2. The molecule has 0 spiro atoms. The molecule has 4 bridgehead atoms. The lowest BCUT2D eigenvalue weighted by molar-refractivity contribution is -0.126. The van der Waals surface area contributed by atoms with Crippen molar-refractivity contribution in [3.8, 4) is 0 Å². The molecule has 4 heterocycles. The monoisotopic (exact) mass is 417 g/mol. The van der Waals surface area contributed by atoms with Gasteiger partial charge in [-0.05, 0) is 38.0 Å². The smallest absolute Gasteiger partial charge is 0.354 e. The first-order chi connectivity index (χ1) is 13.3. The van der Waals surface area contributed by atoms with E-state index in [-0.39, 0.29) is 12.5 Å². The van der Waals surface area contributed by atoms with E-state index in [1.54, 1.807) is 0 Å². The van der Waals surface area contributed by atoms with Crippen molar-refractivity contribution >= 4 is 22.3 Å². The molecule has 4 atom stereocenters. The van der Waals surface area contributed by atoms with Gasteiger partial charge in [-0.3, -0.25) is 9.35 Å². The molecule has 4 saturated heterocycles. The molecule has 0 aliphatic carbocycles. The molecular formula is C16H27N5O6S. The predicted molar refractivity (Wildman–Crippen MR) is 97.3 cm³/mol. The molecule has 3 amide bonds. The molecule has 4 rings (SSSR count). The number of nitrogens with one attached hydrogen (secondary N) is 3. The molecule has 0 radical (unpaired) electrons. The number of rotatable bonds is 6. The van der Waals surface area contributed by atoms with Crippen LogP contribution in [0.1, 0.15) is 32.1 Å². The summed E-state index contributed by atoms with van der Waals surface area (Å²) in [6.07, 6.45) is 3.95. The fourth-order valence-electron chi connectivity index (χ4n) is 4.94. The second kappa shape index (κ2) is 7.75. The van der Waals surface area contributed by atoms with Crippen LogP contribution in [0.2, 0.25) is 0 Å². The highest BCUT2D eigenvalue weighted by atomic mass is 32.3. The molecule has 0 aromatic rings. The third kappa shape index (κ3) is 4.25. The van der Waals surface area contributed by atoms with Gasteiger partial charge in [-0.1, -0.05) is 0 Å². The number of amides is 3. The summed E-state index contributed by atoms with van der Waals surface area (Å²) in [7, 11) is -4.78. The number of carbonyl (C=O) groups is 2. The highest BCUT2D eigenvalue weighted by Crippen LogP contribution is 2.31. The number of hydrogen-bond donors (Lipinski definition) is 4. The number of hydroxylamine groups is 2. The van der Waals surface area contributed by atoms with Gasteiger partial charge >= 0.3 is 16.4 Å². The molecule has 4 N–H and O–H groups in total. The van der Waals surface area contributed by atoms with E-state index in [4.69, 9.17) is 4.55 Å². The minimum Gasteiger partial charge on any atom is -0.354 e. The van der Waals surface area contributed by atoms with Crippen molar-refractivity contribution < 1.29 is 26.8 Å². The molecule has 0 saturated carbocycles. The van der Waals surface area contributed by atoms with Crippen molar-refractivity contribution in [2.75, 3.05) is 26.2 Å². The van der Waals surface area contributed by atoms with E-state index in [1.165, 1.54) is 4.90 Å². The number of fused-ring (bicyclic) bond motifs is 4. The minimum atomic E-state index is -4.78. The Balaban J connectivity index is 1.27. The van der Waals surface area contributed by atoms with Crippen molar-refractivity contribution in [3.05, 3.63) is 0 Å². The van der Waals surface area contributed by atoms with E-state index >= 15 is 0 Å². The summed E-state index contributed by atoms with van der Waals surface area (Å²) in [5.41, 5.74) is 0. The SMILES string of the molecule is O=C(NCCC1CC2CNCC(C1)N2)[C@@H]1CC[C@@H]2CN1C(=O)N2OS(=O)(=O)O. The van der Waals surface area contributed by atoms with Crippen LogP contribution < -0.4 is 16.0 Å². The minimum absolute atomic E-state index is 0.205. The van der Waals surface area contributed by atoms with Gasteiger partial charge in [-0.15, -0.1) is 4.28 Å². The molecular weight excluding hydrogens is 390 g/mol. The van der Waals surface area contributed by atoms with Gasteiger partial charge in [0.2, 0.25) is 5.91 Å². The maximum Gasteiger partial charge on any atom is 0.418 e. The number of carbonyl (C=O) groups excluding carboxylic acids is 2. The summed E-state index contributed by atoms with van der Waals surface area (Å²) >= 11 is 0. The van der Waals surface area contributed by atoms with Crippen molar-refractivity contribution in [2.45, 2.75) is 56.3 Å². The molecule has 158 valence electrons. The Hall–Kier alpha value is -1.47. The average molecular weight is 417 g/mol. The van der Waals surface area contributed by atoms with Gasteiger partial charge in [0, 0.05) is 38.3 Å². The Morgan fingerprint density at radius 2 is 1.96 bits per heavy atom. The summed E-state index contributed by atoms with van der Waals surface area (Å²) in [5, 5.41) is 10.6. The molecule has 4 aliphatic heterocycles. The van der Waals surface area contributed by atoms with Crippen LogP contribution in [0.5, 0.6) is 0 Å². The number of hydrogen-bond acceptors (Lipinski definition) is 7. The van der Waals surface area contributed by atoms with Crippen molar-refractivity contribution in [1.82, 2.24) is 25.9 Å². The van der Waals surface area contributed by atoms with Crippen LogP contribution in [0, 0.1) is 5.92 Å². The zero-order valence-corrected chi connectivity index (χ0v) is 16.4. The standard InChI is InChI=1S/C16H27N5O6S/c22-15(18-4-3-10-5-11-7-17-8-12(6-10)19-11)14-2-1-13-9-20(14)16(23)21(13)27-28(24,25)26/h10-14,17,19H,1-9H2,(H,18,22)(H,24,25,26)/t10?,11?,12?,13-,14+/m1/s1. The Morgan fingerprint density at radius 1 is 1.25 bits per heavy atom. The lowest BCUT2D eigenvalue weighted by Gasteiger charge is -2.41. The zero-order chi connectivity index (χ0) is 19.9. The lowest BCUT2D eigenvalue weighted by Crippen LogP contribution is -2.59. The van der Waals surface area contributed by atoms with E-state index < -0.39 is 28.5 Å². The number of urea groups is 1. The quantitative estimate of drug-likeness (QED) is 0.397. The summed E-state index contributed by atoms with van der Waals surface area (Å²) in [6.45, 7) is 2.74. The van der Waals surface area contributed by atoms with Gasteiger partial charge in [0.05, 0.1) is 6.04 Å². The van der Waals surface area contributed by atoms with Crippen LogP contribution in [-0.2, 0) is 19.5 Å². The van der Waals surface area contributed by atoms with Crippen LogP contribution in [0.4, 0.5) is 4.79 Å². The van der Waals surface area contributed by atoms with Gasteiger partial charge < -0.3 is 20.9 Å². The Kier molecular flexibility index (Phi) is 5.49. The van der Waals surface area contributed by atoms with E-state index in [2.05, 4.69) is 20.2 Å². The predicted octanol–water partition coefficient (Wildman–Crippen LogP) is -1.16. The summed E-state index contributed by atoms with van der Waals surface area (Å²) in [5.74, 6) is 0.345. The highest BCUT2D eigenvalue weighted by Gasteiger charge is 2.49. The van der Waals surface area contributed by atoms with Gasteiger partial charge in [0.15, 0.2) is 0 Å². The molecule has 4 aliphatic rings. The van der Waals surface area contributed by atoms with E-state index in [9.17, 15) is 18.0 Å². The third-order valence-corrected chi connectivity index (χ3v) is 6.49. The summed E-state index contributed by atoms with van der Waals surface area (Å²) < 4.78 is 35.1. The number of piperazine rings is 1. The van der Waals surface area contributed by atoms with Gasteiger partial charge in [-0.25, -0.2) is 4.79 Å². The summed E-state index contributed by atoms with van der Waals surface area (Å²) in [4.78, 5) is 26.3. The van der Waals surface area contributed by atoms with Crippen LogP contribution in [0.25, 0.3) is 0 Å². The first-order valence-corrected chi connectivity index (χ1v) is 11.2. The fourth-order valence-corrected chi connectivity index (χ4v) is 5.33. The Morgan fingerprint density at radius 3 is 2.64 bits per heavy atom. The Bertz CT molecular complexity index is 721. The molecule has 12 heteroatoms. The third-order valence-electron chi connectivity index (χ3n) is 6.14. The number of nitrogens with zero attached hydrogens (tertiary/aromatic N) is 2.